The van der Waals surface area contributed by atoms with Gasteiger partial charge >= 0.3 is 0 Å². The standard InChI is InChI=1S/C12H13N3O2S/c1-7-5-10(16)9(6-14-7)11(17)15-8(2)12-13-3-4-18-12/h3-6,8H,1-2H3,(H,14,16)(H,15,17). The van der Waals surface area contributed by atoms with Crippen LogP contribution in [0.15, 0.2) is 28.6 Å². The van der Waals surface area contributed by atoms with Gasteiger partial charge in [0, 0.05) is 29.5 Å². The minimum absolute atomic E-state index is 0.115. The van der Waals surface area contributed by atoms with E-state index < -0.39 is 0 Å². The first-order valence-electron chi connectivity index (χ1n) is 5.47. The van der Waals surface area contributed by atoms with Crippen molar-refractivity contribution in [3.63, 3.8) is 0 Å². The quantitative estimate of drug-likeness (QED) is 0.883. The fourth-order valence-corrected chi connectivity index (χ4v) is 2.18. The van der Waals surface area contributed by atoms with Gasteiger partial charge in [-0.15, -0.1) is 11.3 Å². The van der Waals surface area contributed by atoms with Gasteiger partial charge in [-0.1, -0.05) is 0 Å². The number of rotatable bonds is 3. The van der Waals surface area contributed by atoms with Gasteiger partial charge in [0.05, 0.1) is 6.04 Å². The van der Waals surface area contributed by atoms with E-state index in [4.69, 9.17) is 0 Å². The van der Waals surface area contributed by atoms with Crippen LogP contribution in [0.5, 0.6) is 0 Å². The number of aryl methyl sites for hydroxylation is 1. The third kappa shape index (κ3) is 2.65. The topological polar surface area (TPSA) is 74.8 Å². The molecule has 0 aromatic carbocycles. The monoisotopic (exact) mass is 263 g/mol. The second-order valence-electron chi connectivity index (χ2n) is 3.96. The molecule has 0 aliphatic carbocycles. The fourth-order valence-electron chi connectivity index (χ4n) is 1.54. The second-order valence-corrected chi connectivity index (χ2v) is 4.89. The minimum atomic E-state index is -0.390. The lowest BCUT2D eigenvalue weighted by molar-refractivity contribution is 0.0938. The highest BCUT2D eigenvalue weighted by atomic mass is 32.1. The Labute approximate surface area is 108 Å². The van der Waals surface area contributed by atoms with Crippen molar-refractivity contribution in [2.75, 3.05) is 0 Å². The summed E-state index contributed by atoms with van der Waals surface area (Å²) in [6.07, 6.45) is 3.11. The molecule has 1 unspecified atom stereocenters. The van der Waals surface area contributed by atoms with Gasteiger partial charge in [-0.25, -0.2) is 4.98 Å². The highest BCUT2D eigenvalue weighted by Crippen LogP contribution is 2.14. The summed E-state index contributed by atoms with van der Waals surface area (Å²) in [5.74, 6) is -0.390. The fraction of sp³-hybridized carbons (Fsp3) is 0.250. The molecule has 0 radical (unpaired) electrons. The third-order valence-corrected chi connectivity index (χ3v) is 3.43. The molecule has 2 aromatic heterocycles. The molecule has 5 nitrogen and oxygen atoms in total. The second kappa shape index (κ2) is 5.14. The molecule has 1 atom stereocenters. The lowest BCUT2D eigenvalue weighted by Gasteiger charge is -2.10. The number of carbonyl (C=O) groups is 1. The molecule has 0 bridgehead atoms. The normalized spacial score (nSPS) is 12.1. The van der Waals surface area contributed by atoms with Gasteiger partial charge in [0.25, 0.3) is 5.91 Å². The average molecular weight is 263 g/mol. The molecule has 0 spiro atoms. The van der Waals surface area contributed by atoms with Crippen LogP contribution >= 0.6 is 11.3 Å². The maximum atomic E-state index is 11.9. The zero-order chi connectivity index (χ0) is 13.1. The van der Waals surface area contributed by atoms with Crippen molar-refractivity contribution in [1.82, 2.24) is 15.3 Å². The molecule has 94 valence electrons. The summed E-state index contributed by atoms with van der Waals surface area (Å²) in [5.41, 5.74) is 0.559. The van der Waals surface area contributed by atoms with Crippen molar-refractivity contribution < 1.29 is 4.79 Å². The SMILES string of the molecule is Cc1cc(=O)c(C(=O)NC(C)c2nccs2)c[nH]1. The summed E-state index contributed by atoms with van der Waals surface area (Å²) < 4.78 is 0. The van der Waals surface area contributed by atoms with Crippen LogP contribution in [0.3, 0.4) is 0 Å². The van der Waals surface area contributed by atoms with Crippen LogP contribution in [0.25, 0.3) is 0 Å². The van der Waals surface area contributed by atoms with Crippen LogP contribution in [0.2, 0.25) is 0 Å². The number of hydrogen-bond acceptors (Lipinski definition) is 4. The number of nitrogens with zero attached hydrogens (tertiary/aromatic N) is 1. The van der Waals surface area contributed by atoms with E-state index in [2.05, 4.69) is 15.3 Å². The van der Waals surface area contributed by atoms with Gasteiger partial charge in [-0.2, -0.15) is 0 Å². The molecule has 18 heavy (non-hydrogen) atoms. The minimum Gasteiger partial charge on any atom is -0.364 e. The third-order valence-electron chi connectivity index (χ3n) is 2.47. The maximum absolute atomic E-state index is 11.9. The van der Waals surface area contributed by atoms with E-state index in [-0.39, 0.29) is 22.9 Å². The molecule has 2 aromatic rings. The van der Waals surface area contributed by atoms with Gasteiger partial charge in [0.1, 0.15) is 10.6 Å². The number of aromatic amines is 1. The van der Waals surface area contributed by atoms with E-state index in [0.29, 0.717) is 0 Å². The van der Waals surface area contributed by atoms with Crippen LogP contribution in [0.4, 0.5) is 0 Å². The molecule has 2 N–H and O–H groups in total. The maximum Gasteiger partial charge on any atom is 0.257 e. The van der Waals surface area contributed by atoms with E-state index in [1.165, 1.54) is 23.6 Å². The molecular weight excluding hydrogens is 250 g/mol. The van der Waals surface area contributed by atoms with Crippen molar-refractivity contribution in [3.8, 4) is 0 Å². The zero-order valence-corrected chi connectivity index (χ0v) is 10.9. The van der Waals surface area contributed by atoms with Gasteiger partial charge < -0.3 is 10.3 Å². The number of aromatic nitrogens is 2. The summed E-state index contributed by atoms with van der Waals surface area (Å²) in [4.78, 5) is 30.6. The van der Waals surface area contributed by atoms with E-state index in [9.17, 15) is 9.59 Å². The van der Waals surface area contributed by atoms with E-state index in [1.54, 1.807) is 13.1 Å². The largest absolute Gasteiger partial charge is 0.364 e. The number of thiazole rings is 1. The number of H-pyrrole nitrogens is 1. The Hall–Kier alpha value is -1.95. The number of amides is 1. The molecule has 2 heterocycles. The van der Waals surface area contributed by atoms with Crippen molar-refractivity contribution >= 4 is 17.2 Å². The smallest absolute Gasteiger partial charge is 0.257 e. The van der Waals surface area contributed by atoms with Crippen LogP contribution in [-0.4, -0.2) is 15.9 Å². The highest BCUT2D eigenvalue weighted by molar-refractivity contribution is 7.09. The average Bonchev–Trinajstić information content (AvgIpc) is 2.81. The number of pyridine rings is 1. The predicted molar refractivity (Wildman–Crippen MR) is 69.8 cm³/mol. The van der Waals surface area contributed by atoms with Gasteiger partial charge in [0.2, 0.25) is 0 Å². The number of hydrogen-bond donors (Lipinski definition) is 2. The summed E-state index contributed by atoms with van der Waals surface area (Å²) in [5, 5.41) is 5.40. The van der Waals surface area contributed by atoms with Gasteiger partial charge in [-0.3, -0.25) is 9.59 Å². The summed E-state index contributed by atoms with van der Waals surface area (Å²) in [7, 11) is 0. The first-order valence-corrected chi connectivity index (χ1v) is 6.35. The van der Waals surface area contributed by atoms with Crippen LogP contribution in [-0.2, 0) is 0 Å². The van der Waals surface area contributed by atoms with E-state index in [1.807, 2.05) is 12.3 Å². The number of nitrogens with one attached hydrogen (secondary N) is 2. The molecule has 0 aliphatic rings. The molecule has 0 saturated carbocycles. The first kappa shape index (κ1) is 12.5. The van der Waals surface area contributed by atoms with Crippen LogP contribution < -0.4 is 10.7 Å². The Bertz CT molecular complexity index is 604. The lowest BCUT2D eigenvalue weighted by atomic mass is 10.2. The van der Waals surface area contributed by atoms with E-state index >= 15 is 0 Å². The Morgan fingerprint density at radius 1 is 1.56 bits per heavy atom. The summed E-state index contributed by atoms with van der Waals surface area (Å²) in [6.45, 7) is 3.60. The Morgan fingerprint density at radius 2 is 2.33 bits per heavy atom. The predicted octanol–water partition coefficient (Wildman–Crippen LogP) is 1.63. The van der Waals surface area contributed by atoms with Crippen molar-refractivity contribution in [2.24, 2.45) is 0 Å². The van der Waals surface area contributed by atoms with Crippen LogP contribution in [0, 0.1) is 6.92 Å². The number of carbonyl (C=O) groups excluding carboxylic acids is 1. The molecule has 0 saturated heterocycles. The summed E-state index contributed by atoms with van der Waals surface area (Å²) in [6, 6.07) is 1.20. The Morgan fingerprint density at radius 3 is 2.94 bits per heavy atom. The summed E-state index contributed by atoms with van der Waals surface area (Å²) >= 11 is 1.46. The molecular formula is C12H13N3O2S. The molecule has 0 fully saturated rings. The Balaban J connectivity index is 2.15. The van der Waals surface area contributed by atoms with Gasteiger partial charge in [-0.05, 0) is 13.8 Å². The van der Waals surface area contributed by atoms with Gasteiger partial charge in [0.15, 0.2) is 5.43 Å². The van der Waals surface area contributed by atoms with E-state index in [0.717, 1.165) is 10.7 Å². The highest BCUT2D eigenvalue weighted by Gasteiger charge is 2.15. The Kier molecular flexibility index (Phi) is 3.57. The molecule has 2 rings (SSSR count). The molecule has 6 heteroatoms. The molecule has 0 aliphatic heterocycles. The zero-order valence-electron chi connectivity index (χ0n) is 10.1. The first-order chi connectivity index (χ1) is 8.58. The lowest BCUT2D eigenvalue weighted by Crippen LogP contribution is -2.30. The van der Waals surface area contributed by atoms with Crippen molar-refractivity contribution in [1.29, 1.82) is 0 Å². The molecule has 1 amide bonds. The van der Waals surface area contributed by atoms with Crippen molar-refractivity contribution in [3.05, 3.63) is 50.3 Å². The van der Waals surface area contributed by atoms with Crippen LogP contribution in [0.1, 0.15) is 34.0 Å². The van der Waals surface area contributed by atoms with Crippen molar-refractivity contribution in [2.45, 2.75) is 19.9 Å².